The number of phenolic OH excluding ortho intramolecular Hbond substituents is 1. The van der Waals surface area contributed by atoms with Gasteiger partial charge < -0.3 is 9.84 Å². The number of hydrogen-bond acceptors (Lipinski definition) is 3. The van der Waals surface area contributed by atoms with E-state index in [1.54, 1.807) is 19.1 Å². The quantitative estimate of drug-likeness (QED) is 0.719. The maximum atomic E-state index is 13.8. The van der Waals surface area contributed by atoms with E-state index in [-0.39, 0.29) is 11.6 Å². The summed E-state index contributed by atoms with van der Waals surface area (Å²) in [5, 5.41) is 10.8. The van der Waals surface area contributed by atoms with Crippen molar-refractivity contribution in [3.8, 4) is 16.9 Å². The van der Waals surface area contributed by atoms with Crippen molar-refractivity contribution in [3.63, 3.8) is 0 Å². The zero-order valence-corrected chi connectivity index (χ0v) is 14.1. The number of hydrogen-bond donors (Lipinski definition) is 1. The van der Waals surface area contributed by atoms with E-state index in [0.29, 0.717) is 11.5 Å². The molecule has 3 nitrogen and oxygen atoms in total. The number of aromatic hydroxyl groups is 1. The maximum absolute atomic E-state index is 13.8. The smallest absolute Gasteiger partial charge is 0.126 e. The number of phenols is 1. The minimum atomic E-state index is -0.202. The Bertz CT molecular complexity index is 933. The highest BCUT2D eigenvalue weighted by atomic mass is 19.1. The molecule has 0 unspecified atom stereocenters. The van der Waals surface area contributed by atoms with E-state index < -0.39 is 0 Å². The Morgan fingerprint density at radius 2 is 1.92 bits per heavy atom. The number of pyridine rings is 1. The Balaban J connectivity index is 1.97. The molecule has 2 heterocycles. The number of aryl methyl sites for hydroxylation is 1. The van der Waals surface area contributed by atoms with Crippen LogP contribution >= 0.6 is 0 Å². The summed E-state index contributed by atoms with van der Waals surface area (Å²) in [4.78, 5) is 4.57. The van der Waals surface area contributed by atoms with Crippen LogP contribution in [-0.4, -0.2) is 23.3 Å². The Morgan fingerprint density at radius 3 is 2.68 bits per heavy atom. The second kappa shape index (κ2) is 6.45. The van der Waals surface area contributed by atoms with Gasteiger partial charge >= 0.3 is 0 Å². The predicted octanol–water partition coefficient (Wildman–Crippen LogP) is 4.95. The number of ether oxygens (including phenoxy) is 1. The average molecular weight is 337 g/mol. The van der Waals surface area contributed by atoms with E-state index >= 15 is 0 Å². The van der Waals surface area contributed by atoms with Crippen LogP contribution in [0.25, 0.3) is 22.0 Å². The first-order chi connectivity index (χ1) is 12.1. The van der Waals surface area contributed by atoms with Gasteiger partial charge in [-0.3, -0.25) is 4.98 Å². The molecular formula is C21H20FNO2. The van der Waals surface area contributed by atoms with Crippen molar-refractivity contribution in [2.24, 2.45) is 0 Å². The fourth-order valence-electron chi connectivity index (χ4n) is 3.64. The van der Waals surface area contributed by atoms with Gasteiger partial charge in [-0.1, -0.05) is 6.07 Å². The van der Waals surface area contributed by atoms with E-state index in [4.69, 9.17) is 4.74 Å². The molecule has 2 aromatic carbocycles. The topological polar surface area (TPSA) is 42.4 Å². The van der Waals surface area contributed by atoms with Gasteiger partial charge in [-0.15, -0.1) is 0 Å². The number of rotatable bonds is 2. The molecule has 0 bridgehead atoms. The number of fused-ring (bicyclic) bond motifs is 1. The summed E-state index contributed by atoms with van der Waals surface area (Å²) < 4.78 is 19.3. The number of halogens is 1. The fraction of sp³-hybridized carbons (Fsp3) is 0.286. The molecule has 0 atom stereocenters. The molecule has 1 N–H and O–H groups in total. The largest absolute Gasteiger partial charge is 0.508 e. The zero-order chi connectivity index (χ0) is 17.4. The number of nitrogens with zero attached hydrogens (tertiary/aromatic N) is 1. The van der Waals surface area contributed by atoms with E-state index in [2.05, 4.69) is 4.98 Å². The monoisotopic (exact) mass is 337 g/mol. The first kappa shape index (κ1) is 16.0. The van der Waals surface area contributed by atoms with E-state index in [1.807, 2.05) is 24.4 Å². The molecule has 0 aliphatic carbocycles. The molecule has 4 heteroatoms. The molecule has 0 amide bonds. The Kier molecular flexibility index (Phi) is 4.14. The lowest BCUT2D eigenvalue weighted by Gasteiger charge is -2.25. The Labute approximate surface area is 146 Å². The van der Waals surface area contributed by atoms with Crippen molar-refractivity contribution in [3.05, 3.63) is 59.5 Å². The predicted molar refractivity (Wildman–Crippen MR) is 96.3 cm³/mol. The summed E-state index contributed by atoms with van der Waals surface area (Å²) in [6.45, 7) is 3.28. The molecule has 1 aliphatic heterocycles. The summed E-state index contributed by atoms with van der Waals surface area (Å²) in [6.07, 6.45) is 3.82. The molecule has 128 valence electrons. The number of aromatic nitrogens is 1. The molecule has 3 aromatic rings. The third kappa shape index (κ3) is 2.98. The highest BCUT2D eigenvalue weighted by Gasteiger charge is 2.22. The van der Waals surface area contributed by atoms with Crippen LogP contribution < -0.4 is 0 Å². The van der Waals surface area contributed by atoms with Crippen LogP contribution in [0.5, 0.6) is 5.75 Å². The number of benzene rings is 2. The van der Waals surface area contributed by atoms with Crippen LogP contribution in [0, 0.1) is 12.7 Å². The van der Waals surface area contributed by atoms with E-state index in [0.717, 1.165) is 48.1 Å². The third-order valence-electron chi connectivity index (χ3n) is 4.99. The van der Waals surface area contributed by atoms with Crippen LogP contribution in [0.1, 0.15) is 29.9 Å². The van der Waals surface area contributed by atoms with Gasteiger partial charge in [0.05, 0.1) is 5.52 Å². The summed E-state index contributed by atoms with van der Waals surface area (Å²) in [5.74, 6) is 0.368. The van der Waals surface area contributed by atoms with Gasteiger partial charge in [-0.2, -0.15) is 0 Å². The first-order valence-electron chi connectivity index (χ1n) is 8.59. The van der Waals surface area contributed by atoms with Gasteiger partial charge in [0, 0.05) is 30.9 Å². The summed E-state index contributed by atoms with van der Waals surface area (Å²) in [5.41, 5.74) is 4.61. The van der Waals surface area contributed by atoms with Gasteiger partial charge in [0.2, 0.25) is 0 Å². The van der Waals surface area contributed by atoms with E-state index in [9.17, 15) is 9.50 Å². The average Bonchev–Trinajstić information content (AvgIpc) is 2.63. The molecule has 0 spiro atoms. The molecule has 1 aliphatic rings. The minimum absolute atomic E-state index is 0.194. The second-order valence-corrected chi connectivity index (χ2v) is 6.64. The lowest BCUT2D eigenvalue weighted by Crippen LogP contribution is -2.15. The minimum Gasteiger partial charge on any atom is -0.508 e. The van der Waals surface area contributed by atoms with E-state index in [1.165, 1.54) is 11.6 Å². The molecule has 4 rings (SSSR count). The first-order valence-corrected chi connectivity index (χ1v) is 8.59. The van der Waals surface area contributed by atoms with Crippen molar-refractivity contribution in [2.75, 3.05) is 13.2 Å². The van der Waals surface area contributed by atoms with Gasteiger partial charge in [0.25, 0.3) is 0 Å². The van der Waals surface area contributed by atoms with Crippen molar-refractivity contribution < 1.29 is 14.2 Å². The summed E-state index contributed by atoms with van der Waals surface area (Å²) >= 11 is 0. The van der Waals surface area contributed by atoms with Crippen LogP contribution in [0.2, 0.25) is 0 Å². The van der Waals surface area contributed by atoms with Gasteiger partial charge in [-0.05, 0) is 72.2 Å². The van der Waals surface area contributed by atoms with Gasteiger partial charge in [-0.25, -0.2) is 4.39 Å². The van der Waals surface area contributed by atoms with Crippen molar-refractivity contribution in [1.29, 1.82) is 0 Å². The standard InChI is InChI=1S/C21H20FNO2/c1-13-10-15(2-5-19(13)22)21-17-4-3-16(24)11-20(17)23-12-18(21)14-6-8-25-9-7-14/h2-5,10-12,14,24H,6-9H2,1H3. The Hall–Kier alpha value is -2.46. The highest BCUT2D eigenvalue weighted by molar-refractivity contribution is 5.97. The molecular weight excluding hydrogens is 317 g/mol. The lowest BCUT2D eigenvalue weighted by atomic mass is 9.85. The van der Waals surface area contributed by atoms with Gasteiger partial charge in [0.15, 0.2) is 0 Å². The SMILES string of the molecule is Cc1cc(-c2c(C3CCOCC3)cnc3cc(O)ccc23)ccc1F. The normalized spacial score (nSPS) is 15.6. The summed E-state index contributed by atoms with van der Waals surface area (Å²) in [6, 6.07) is 10.5. The van der Waals surface area contributed by atoms with Crippen LogP contribution in [-0.2, 0) is 4.74 Å². The van der Waals surface area contributed by atoms with Crippen LogP contribution in [0.3, 0.4) is 0 Å². The van der Waals surface area contributed by atoms with Crippen LogP contribution in [0.4, 0.5) is 4.39 Å². The second-order valence-electron chi connectivity index (χ2n) is 6.64. The van der Waals surface area contributed by atoms with Crippen molar-refractivity contribution in [2.45, 2.75) is 25.7 Å². The highest BCUT2D eigenvalue weighted by Crippen LogP contribution is 2.39. The molecule has 1 fully saturated rings. The lowest BCUT2D eigenvalue weighted by molar-refractivity contribution is 0.0854. The Morgan fingerprint density at radius 1 is 1.12 bits per heavy atom. The zero-order valence-electron chi connectivity index (χ0n) is 14.1. The third-order valence-corrected chi connectivity index (χ3v) is 4.99. The fourth-order valence-corrected chi connectivity index (χ4v) is 3.64. The van der Waals surface area contributed by atoms with Gasteiger partial charge in [0.1, 0.15) is 11.6 Å². The van der Waals surface area contributed by atoms with Crippen LogP contribution in [0.15, 0.2) is 42.6 Å². The molecule has 1 saturated heterocycles. The van der Waals surface area contributed by atoms with Crippen molar-refractivity contribution >= 4 is 10.9 Å². The molecule has 25 heavy (non-hydrogen) atoms. The molecule has 0 saturated carbocycles. The maximum Gasteiger partial charge on any atom is 0.126 e. The molecule has 1 aromatic heterocycles. The van der Waals surface area contributed by atoms with Crippen molar-refractivity contribution in [1.82, 2.24) is 4.98 Å². The summed E-state index contributed by atoms with van der Waals surface area (Å²) in [7, 11) is 0. The molecule has 0 radical (unpaired) electrons.